The normalized spacial score (nSPS) is 12.2. The van der Waals surface area contributed by atoms with E-state index in [0.717, 1.165) is 24.0 Å². The van der Waals surface area contributed by atoms with Crippen molar-refractivity contribution in [3.05, 3.63) is 65.7 Å². The van der Waals surface area contributed by atoms with E-state index in [9.17, 15) is 26.8 Å². The van der Waals surface area contributed by atoms with Crippen LogP contribution < -0.4 is 9.62 Å². The Labute approximate surface area is 180 Å². The fourth-order valence-corrected chi connectivity index (χ4v) is 3.96. The lowest BCUT2D eigenvalue weighted by molar-refractivity contribution is -0.140. The van der Waals surface area contributed by atoms with Crippen molar-refractivity contribution in [3.63, 3.8) is 0 Å². The molecule has 0 unspecified atom stereocenters. The molecule has 2 aromatic carbocycles. The van der Waals surface area contributed by atoms with Crippen LogP contribution in [0.5, 0.6) is 0 Å². The van der Waals surface area contributed by atoms with E-state index in [-0.39, 0.29) is 12.2 Å². The molecular formula is C21H25F2N3O4S. The van der Waals surface area contributed by atoms with Crippen molar-refractivity contribution in [2.45, 2.75) is 25.9 Å². The second-order valence-corrected chi connectivity index (χ2v) is 8.82. The van der Waals surface area contributed by atoms with Crippen molar-refractivity contribution >= 4 is 27.5 Å². The van der Waals surface area contributed by atoms with Gasteiger partial charge in [-0.2, -0.15) is 0 Å². The van der Waals surface area contributed by atoms with Gasteiger partial charge in [0.1, 0.15) is 12.6 Å². The molecule has 0 saturated carbocycles. The van der Waals surface area contributed by atoms with Gasteiger partial charge < -0.3 is 10.2 Å². The zero-order valence-corrected chi connectivity index (χ0v) is 18.3. The molecule has 0 aliphatic heterocycles. The van der Waals surface area contributed by atoms with Gasteiger partial charge in [-0.3, -0.25) is 13.9 Å². The Morgan fingerprint density at radius 1 is 1.06 bits per heavy atom. The van der Waals surface area contributed by atoms with Crippen LogP contribution in [-0.2, 0) is 26.2 Å². The maximum atomic E-state index is 13.7. The Morgan fingerprint density at radius 3 is 2.23 bits per heavy atom. The van der Waals surface area contributed by atoms with Crippen LogP contribution in [0.2, 0.25) is 0 Å². The van der Waals surface area contributed by atoms with Crippen molar-refractivity contribution in [1.82, 2.24) is 10.2 Å². The van der Waals surface area contributed by atoms with Gasteiger partial charge in [-0.1, -0.05) is 37.3 Å². The lowest BCUT2D eigenvalue weighted by Gasteiger charge is -2.32. The number of nitrogens with zero attached hydrogens (tertiary/aromatic N) is 2. The first-order valence-electron chi connectivity index (χ1n) is 9.56. The van der Waals surface area contributed by atoms with E-state index in [0.29, 0.717) is 16.8 Å². The van der Waals surface area contributed by atoms with Gasteiger partial charge in [0.25, 0.3) is 0 Å². The fourth-order valence-electron chi connectivity index (χ4n) is 3.12. The van der Waals surface area contributed by atoms with Gasteiger partial charge >= 0.3 is 0 Å². The zero-order chi connectivity index (χ0) is 23.2. The average molecular weight is 454 g/mol. The molecule has 7 nitrogen and oxygen atoms in total. The van der Waals surface area contributed by atoms with Crippen LogP contribution in [0.25, 0.3) is 0 Å². The van der Waals surface area contributed by atoms with Gasteiger partial charge in [0.15, 0.2) is 11.6 Å². The number of nitrogens with one attached hydrogen (secondary N) is 1. The highest BCUT2D eigenvalue weighted by atomic mass is 32.2. The number of hydrogen-bond donors (Lipinski definition) is 1. The molecule has 0 aromatic heterocycles. The summed E-state index contributed by atoms with van der Waals surface area (Å²) in [6.45, 7) is 1.13. The number of amides is 2. The highest BCUT2D eigenvalue weighted by molar-refractivity contribution is 7.92. The van der Waals surface area contributed by atoms with Gasteiger partial charge in [0.2, 0.25) is 21.8 Å². The van der Waals surface area contributed by atoms with Gasteiger partial charge in [-0.05, 0) is 24.1 Å². The van der Waals surface area contributed by atoms with E-state index in [2.05, 4.69) is 5.32 Å². The SMILES string of the molecule is CC[C@H](C(=O)NC)N(Cc1ccccc1)C(=O)CN(c1ccc(F)c(F)c1)S(C)(=O)=O. The molecule has 0 aliphatic carbocycles. The molecule has 10 heteroatoms. The van der Waals surface area contributed by atoms with E-state index in [1.54, 1.807) is 37.3 Å². The predicted molar refractivity (Wildman–Crippen MR) is 114 cm³/mol. The standard InChI is InChI=1S/C21H25F2N3O4S/c1-4-19(21(28)24-2)25(13-15-8-6-5-7-9-15)20(27)14-26(31(3,29)30)16-10-11-17(22)18(23)12-16/h5-12,19H,4,13-14H2,1-3H3,(H,24,28)/t19-/m1/s1. The van der Waals surface area contributed by atoms with Gasteiger partial charge in [-0.15, -0.1) is 0 Å². The second-order valence-electron chi connectivity index (χ2n) is 6.91. The van der Waals surface area contributed by atoms with Gasteiger partial charge in [0, 0.05) is 19.7 Å². The molecule has 0 saturated heterocycles. The molecule has 2 rings (SSSR count). The average Bonchev–Trinajstić information content (AvgIpc) is 2.73. The van der Waals surface area contributed by atoms with Crippen molar-refractivity contribution in [2.24, 2.45) is 0 Å². The van der Waals surface area contributed by atoms with Crippen LogP contribution in [-0.4, -0.2) is 51.0 Å². The number of rotatable bonds is 9. The highest BCUT2D eigenvalue weighted by Crippen LogP contribution is 2.22. The van der Waals surface area contributed by atoms with E-state index < -0.39 is 46.1 Å². The van der Waals surface area contributed by atoms with E-state index in [1.165, 1.54) is 11.9 Å². The highest BCUT2D eigenvalue weighted by Gasteiger charge is 2.31. The number of likely N-dealkylation sites (N-methyl/N-ethyl adjacent to an activating group) is 1. The Hall–Kier alpha value is -3.01. The topological polar surface area (TPSA) is 86.8 Å². The van der Waals surface area contributed by atoms with Crippen molar-refractivity contribution in [3.8, 4) is 0 Å². The van der Waals surface area contributed by atoms with Crippen LogP contribution in [0.4, 0.5) is 14.5 Å². The number of benzene rings is 2. The summed E-state index contributed by atoms with van der Waals surface area (Å²) in [5.74, 6) is -3.43. The Balaban J connectivity index is 2.42. The molecule has 1 N–H and O–H groups in total. The summed E-state index contributed by atoms with van der Waals surface area (Å²) in [6, 6.07) is 10.6. The summed E-state index contributed by atoms with van der Waals surface area (Å²) in [6.07, 6.45) is 1.15. The smallest absolute Gasteiger partial charge is 0.244 e. The Kier molecular flexibility index (Phi) is 8.09. The minimum absolute atomic E-state index is 0.0704. The third kappa shape index (κ3) is 6.24. The maximum absolute atomic E-state index is 13.7. The molecule has 0 aliphatic rings. The number of anilines is 1. The summed E-state index contributed by atoms with van der Waals surface area (Å²) >= 11 is 0. The van der Waals surface area contributed by atoms with Crippen LogP contribution >= 0.6 is 0 Å². The maximum Gasteiger partial charge on any atom is 0.244 e. The predicted octanol–water partition coefficient (Wildman–Crippen LogP) is 2.28. The minimum atomic E-state index is -4.01. The number of halogens is 2. The lowest BCUT2D eigenvalue weighted by Crippen LogP contribution is -2.51. The molecule has 31 heavy (non-hydrogen) atoms. The monoisotopic (exact) mass is 453 g/mol. The third-order valence-electron chi connectivity index (χ3n) is 4.70. The molecule has 168 valence electrons. The number of carbonyl (C=O) groups is 2. The quantitative estimate of drug-likeness (QED) is 0.631. The molecule has 0 heterocycles. The summed E-state index contributed by atoms with van der Waals surface area (Å²) in [7, 11) is -2.57. The number of carbonyl (C=O) groups excluding carboxylic acids is 2. The molecule has 2 aromatic rings. The van der Waals surface area contributed by atoms with Crippen molar-refractivity contribution in [2.75, 3.05) is 24.2 Å². The summed E-state index contributed by atoms with van der Waals surface area (Å²) in [4.78, 5) is 26.9. The Bertz CT molecular complexity index is 1030. The molecule has 0 spiro atoms. The molecular weight excluding hydrogens is 428 g/mol. The van der Waals surface area contributed by atoms with Gasteiger partial charge in [-0.25, -0.2) is 17.2 Å². The van der Waals surface area contributed by atoms with Crippen molar-refractivity contribution in [1.29, 1.82) is 0 Å². The van der Waals surface area contributed by atoms with Crippen LogP contribution in [0.3, 0.4) is 0 Å². The zero-order valence-electron chi connectivity index (χ0n) is 17.5. The molecule has 2 amide bonds. The number of sulfonamides is 1. The molecule has 0 bridgehead atoms. The Morgan fingerprint density at radius 2 is 1.71 bits per heavy atom. The largest absolute Gasteiger partial charge is 0.357 e. The molecule has 0 radical (unpaired) electrons. The summed E-state index contributed by atoms with van der Waals surface area (Å²) in [5, 5.41) is 2.51. The van der Waals surface area contributed by atoms with Crippen molar-refractivity contribution < 1.29 is 26.8 Å². The van der Waals surface area contributed by atoms with Crippen LogP contribution in [0.15, 0.2) is 48.5 Å². The van der Waals surface area contributed by atoms with E-state index >= 15 is 0 Å². The van der Waals surface area contributed by atoms with E-state index in [1.807, 2.05) is 0 Å². The van der Waals surface area contributed by atoms with E-state index in [4.69, 9.17) is 0 Å². The third-order valence-corrected chi connectivity index (χ3v) is 5.84. The first-order valence-corrected chi connectivity index (χ1v) is 11.4. The second kappa shape index (κ2) is 10.3. The summed E-state index contributed by atoms with van der Waals surface area (Å²) in [5.41, 5.74) is 0.555. The van der Waals surface area contributed by atoms with Crippen LogP contribution in [0, 0.1) is 11.6 Å². The van der Waals surface area contributed by atoms with Crippen LogP contribution in [0.1, 0.15) is 18.9 Å². The summed E-state index contributed by atoms with van der Waals surface area (Å²) < 4.78 is 52.4. The fraction of sp³-hybridized carbons (Fsp3) is 0.333. The molecule has 0 fully saturated rings. The van der Waals surface area contributed by atoms with Gasteiger partial charge in [0.05, 0.1) is 11.9 Å². The molecule has 1 atom stereocenters. The lowest BCUT2D eigenvalue weighted by atomic mass is 10.1. The first kappa shape index (κ1) is 24.3. The minimum Gasteiger partial charge on any atom is -0.357 e. The number of hydrogen-bond acceptors (Lipinski definition) is 4. The first-order chi connectivity index (χ1) is 14.6.